The summed E-state index contributed by atoms with van der Waals surface area (Å²) in [5.41, 5.74) is 0.944. The van der Waals surface area contributed by atoms with E-state index in [1.165, 1.54) is 28.1 Å². The van der Waals surface area contributed by atoms with Crippen LogP contribution in [0.2, 0.25) is 0 Å². The normalized spacial score (nSPS) is 10.3. The molecule has 0 saturated carbocycles. The van der Waals surface area contributed by atoms with Crippen molar-refractivity contribution in [2.45, 2.75) is 13.5 Å². The first-order valence-electron chi connectivity index (χ1n) is 5.08. The van der Waals surface area contributed by atoms with Crippen molar-refractivity contribution < 1.29 is 14.7 Å². The first-order valence-corrected chi connectivity index (χ1v) is 6.84. The number of thiazole rings is 1. The topological polar surface area (TPSA) is 79.3 Å². The van der Waals surface area contributed by atoms with Gasteiger partial charge in [-0.15, -0.1) is 22.7 Å². The maximum absolute atomic E-state index is 11.8. The molecule has 0 saturated heterocycles. The molecular weight excluding hydrogens is 272 g/mol. The number of amides is 1. The van der Waals surface area contributed by atoms with Gasteiger partial charge in [0.1, 0.15) is 5.01 Å². The molecule has 5 nitrogen and oxygen atoms in total. The summed E-state index contributed by atoms with van der Waals surface area (Å²) in [5, 5.41) is 15.3. The number of nitrogens with zero attached hydrogens (tertiary/aromatic N) is 1. The molecule has 0 aliphatic carbocycles. The number of aromatic carboxylic acids is 1. The molecule has 2 heterocycles. The summed E-state index contributed by atoms with van der Waals surface area (Å²) in [7, 11) is 0. The van der Waals surface area contributed by atoms with Gasteiger partial charge in [0.2, 0.25) is 0 Å². The van der Waals surface area contributed by atoms with Crippen LogP contribution in [0.15, 0.2) is 16.8 Å². The van der Waals surface area contributed by atoms with Crippen molar-refractivity contribution in [2.75, 3.05) is 0 Å². The Kier molecular flexibility index (Phi) is 3.73. The van der Waals surface area contributed by atoms with Crippen molar-refractivity contribution >= 4 is 34.6 Å². The number of carboxylic acid groups (broad SMARTS) is 1. The van der Waals surface area contributed by atoms with E-state index in [1.807, 2.05) is 18.4 Å². The lowest BCUT2D eigenvalue weighted by Crippen LogP contribution is -2.22. The Morgan fingerprint density at radius 1 is 1.44 bits per heavy atom. The Morgan fingerprint density at radius 3 is 2.78 bits per heavy atom. The Bertz CT molecular complexity index is 589. The SMILES string of the molecule is Cc1ccsc1C(=O)NCc1nc(C(=O)O)cs1. The number of aromatic nitrogens is 1. The largest absolute Gasteiger partial charge is 0.476 e. The highest BCUT2D eigenvalue weighted by atomic mass is 32.1. The number of carboxylic acids is 1. The van der Waals surface area contributed by atoms with Gasteiger partial charge >= 0.3 is 5.97 Å². The van der Waals surface area contributed by atoms with E-state index >= 15 is 0 Å². The minimum atomic E-state index is -1.06. The Morgan fingerprint density at radius 2 is 2.22 bits per heavy atom. The number of thiophene rings is 1. The van der Waals surface area contributed by atoms with Crippen LogP contribution < -0.4 is 5.32 Å². The van der Waals surface area contributed by atoms with E-state index in [9.17, 15) is 9.59 Å². The molecule has 94 valence electrons. The second-order valence-electron chi connectivity index (χ2n) is 3.55. The zero-order valence-corrected chi connectivity index (χ0v) is 11.1. The Labute approximate surface area is 111 Å². The van der Waals surface area contributed by atoms with Gasteiger partial charge in [0.25, 0.3) is 5.91 Å². The molecule has 0 aliphatic heterocycles. The highest BCUT2D eigenvalue weighted by molar-refractivity contribution is 7.12. The van der Waals surface area contributed by atoms with Crippen LogP contribution in [0.4, 0.5) is 0 Å². The van der Waals surface area contributed by atoms with E-state index in [-0.39, 0.29) is 18.1 Å². The molecule has 0 fully saturated rings. The van der Waals surface area contributed by atoms with Gasteiger partial charge in [0, 0.05) is 5.38 Å². The highest BCUT2D eigenvalue weighted by Gasteiger charge is 2.12. The minimum Gasteiger partial charge on any atom is -0.476 e. The van der Waals surface area contributed by atoms with Crippen LogP contribution >= 0.6 is 22.7 Å². The average Bonchev–Trinajstić information content (AvgIpc) is 2.94. The first-order chi connectivity index (χ1) is 8.58. The number of nitrogens with one attached hydrogen (secondary N) is 1. The number of aryl methyl sites for hydroxylation is 1. The van der Waals surface area contributed by atoms with E-state index in [0.29, 0.717) is 9.88 Å². The zero-order chi connectivity index (χ0) is 13.1. The molecule has 18 heavy (non-hydrogen) atoms. The third-order valence-corrected chi connectivity index (χ3v) is 4.10. The van der Waals surface area contributed by atoms with Crippen molar-refractivity contribution in [3.05, 3.63) is 38.0 Å². The zero-order valence-electron chi connectivity index (χ0n) is 9.47. The molecule has 2 N–H and O–H groups in total. The van der Waals surface area contributed by atoms with Crippen LogP contribution in [0.3, 0.4) is 0 Å². The summed E-state index contributed by atoms with van der Waals surface area (Å²) in [6.45, 7) is 2.12. The van der Waals surface area contributed by atoms with E-state index in [1.54, 1.807) is 0 Å². The molecule has 2 aromatic rings. The number of carbonyl (C=O) groups excluding carboxylic acids is 1. The average molecular weight is 282 g/mol. The van der Waals surface area contributed by atoms with Crippen LogP contribution in [0.1, 0.15) is 30.7 Å². The van der Waals surface area contributed by atoms with Gasteiger partial charge in [-0.05, 0) is 23.9 Å². The Balaban J connectivity index is 1.97. The van der Waals surface area contributed by atoms with Gasteiger partial charge in [-0.3, -0.25) is 4.79 Å². The second kappa shape index (κ2) is 5.28. The smallest absolute Gasteiger partial charge is 0.355 e. The molecule has 0 unspecified atom stereocenters. The summed E-state index contributed by atoms with van der Waals surface area (Å²) < 4.78 is 0. The molecule has 1 amide bonds. The lowest BCUT2D eigenvalue weighted by atomic mass is 10.3. The summed E-state index contributed by atoms with van der Waals surface area (Å²) in [6.07, 6.45) is 0. The molecule has 0 radical (unpaired) electrons. The molecule has 0 bridgehead atoms. The molecule has 0 aromatic carbocycles. The van der Waals surface area contributed by atoms with Crippen LogP contribution in [0.5, 0.6) is 0 Å². The van der Waals surface area contributed by atoms with Crippen LogP contribution in [0.25, 0.3) is 0 Å². The van der Waals surface area contributed by atoms with Crippen molar-refractivity contribution in [1.29, 1.82) is 0 Å². The van der Waals surface area contributed by atoms with Crippen LogP contribution in [-0.4, -0.2) is 22.0 Å². The van der Waals surface area contributed by atoms with Gasteiger partial charge < -0.3 is 10.4 Å². The first kappa shape index (κ1) is 12.7. The summed E-state index contributed by atoms with van der Waals surface area (Å²) in [6, 6.07) is 1.88. The summed E-state index contributed by atoms with van der Waals surface area (Å²) in [5.74, 6) is -1.22. The lowest BCUT2D eigenvalue weighted by molar-refractivity contribution is 0.0691. The van der Waals surface area contributed by atoms with E-state index in [4.69, 9.17) is 5.11 Å². The maximum Gasteiger partial charge on any atom is 0.355 e. The molecule has 2 rings (SSSR count). The maximum atomic E-state index is 11.8. The summed E-state index contributed by atoms with van der Waals surface area (Å²) in [4.78, 5) is 27.0. The fourth-order valence-electron chi connectivity index (χ4n) is 1.33. The van der Waals surface area contributed by atoms with Crippen molar-refractivity contribution in [3.8, 4) is 0 Å². The molecule has 0 atom stereocenters. The minimum absolute atomic E-state index is 0.0107. The number of carbonyl (C=O) groups is 2. The number of hydrogen-bond donors (Lipinski definition) is 2. The Hall–Kier alpha value is -1.73. The predicted octanol–water partition coefficient (Wildman–Crippen LogP) is 2.14. The number of rotatable bonds is 4. The summed E-state index contributed by atoms with van der Waals surface area (Å²) >= 11 is 2.60. The predicted molar refractivity (Wildman–Crippen MR) is 69.3 cm³/mol. The fraction of sp³-hybridized carbons (Fsp3) is 0.182. The fourth-order valence-corrected chi connectivity index (χ4v) is 2.88. The van der Waals surface area contributed by atoms with Crippen molar-refractivity contribution in [3.63, 3.8) is 0 Å². The molecule has 0 spiro atoms. The molecule has 0 aliphatic rings. The third kappa shape index (κ3) is 2.74. The third-order valence-electron chi connectivity index (χ3n) is 2.24. The molecular formula is C11H10N2O3S2. The highest BCUT2D eigenvalue weighted by Crippen LogP contribution is 2.15. The monoisotopic (exact) mass is 282 g/mol. The van der Waals surface area contributed by atoms with E-state index < -0.39 is 5.97 Å². The number of hydrogen-bond acceptors (Lipinski definition) is 5. The quantitative estimate of drug-likeness (QED) is 0.900. The van der Waals surface area contributed by atoms with E-state index in [0.717, 1.165) is 5.56 Å². The standard InChI is InChI=1S/C11H10N2O3S2/c1-6-2-3-17-9(6)10(14)12-4-8-13-7(5-18-8)11(15)16/h2-3,5H,4H2,1H3,(H,12,14)(H,15,16). The van der Waals surface area contributed by atoms with Gasteiger partial charge in [-0.2, -0.15) is 0 Å². The van der Waals surface area contributed by atoms with Gasteiger partial charge in [0.15, 0.2) is 5.69 Å². The second-order valence-corrected chi connectivity index (χ2v) is 5.41. The lowest BCUT2D eigenvalue weighted by Gasteiger charge is -2.01. The van der Waals surface area contributed by atoms with Crippen molar-refractivity contribution in [2.24, 2.45) is 0 Å². The molecule has 7 heteroatoms. The van der Waals surface area contributed by atoms with Gasteiger partial charge in [-0.25, -0.2) is 9.78 Å². The molecule has 2 aromatic heterocycles. The van der Waals surface area contributed by atoms with Gasteiger partial charge in [-0.1, -0.05) is 0 Å². The van der Waals surface area contributed by atoms with Crippen molar-refractivity contribution in [1.82, 2.24) is 10.3 Å². The van der Waals surface area contributed by atoms with Crippen LogP contribution in [-0.2, 0) is 6.54 Å². The van der Waals surface area contributed by atoms with Gasteiger partial charge in [0.05, 0.1) is 11.4 Å². The van der Waals surface area contributed by atoms with E-state index in [2.05, 4.69) is 10.3 Å². The van der Waals surface area contributed by atoms with Crippen LogP contribution in [0, 0.1) is 6.92 Å².